The second-order valence-corrected chi connectivity index (χ2v) is 4.79. The topological polar surface area (TPSA) is 72.6 Å². The highest BCUT2D eigenvalue weighted by Gasteiger charge is 2.28. The van der Waals surface area contributed by atoms with E-state index in [9.17, 15) is 15.2 Å². The number of hydrogen-bond donors (Lipinski definition) is 1. The van der Waals surface area contributed by atoms with Crippen LogP contribution in [0.15, 0.2) is 22.7 Å². The SMILES string of the molecule is O=[N+]([O-])c1cccc(O[C@@H]2CCC[C@H]2O)c1Br. The van der Waals surface area contributed by atoms with Crippen LogP contribution in [0.3, 0.4) is 0 Å². The molecule has 6 heteroatoms. The Bertz CT molecular complexity index is 437. The van der Waals surface area contributed by atoms with Crippen LogP contribution in [-0.2, 0) is 0 Å². The Morgan fingerprint density at radius 1 is 1.47 bits per heavy atom. The van der Waals surface area contributed by atoms with Gasteiger partial charge in [-0.3, -0.25) is 10.1 Å². The fourth-order valence-corrected chi connectivity index (χ4v) is 2.44. The molecule has 1 fully saturated rings. The van der Waals surface area contributed by atoms with Crippen LogP contribution in [-0.4, -0.2) is 22.2 Å². The monoisotopic (exact) mass is 301 g/mol. The number of nitro benzene ring substituents is 1. The number of aliphatic hydroxyl groups excluding tert-OH is 1. The molecule has 0 amide bonds. The quantitative estimate of drug-likeness (QED) is 0.688. The fourth-order valence-electron chi connectivity index (χ4n) is 1.94. The molecule has 17 heavy (non-hydrogen) atoms. The lowest BCUT2D eigenvalue weighted by Crippen LogP contribution is -2.25. The van der Waals surface area contributed by atoms with Gasteiger partial charge in [0, 0.05) is 6.07 Å². The lowest BCUT2D eigenvalue weighted by Gasteiger charge is -2.17. The molecule has 1 aliphatic carbocycles. The smallest absolute Gasteiger partial charge is 0.287 e. The average Bonchev–Trinajstić information content (AvgIpc) is 2.67. The standard InChI is InChI=1S/C11H12BrNO4/c12-11-7(13(15)16)3-1-6-10(11)17-9-5-2-4-8(9)14/h1,3,6,8-9,14H,2,4-5H2/t8-,9-/m1/s1. The minimum absolute atomic E-state index is 0.0324. The van der Waals surface area contributed by atoms with Gasteiger partial charge in [0.25, 0.3) is 5.69 Å². The Kier molecular flexibility index (Phi) is 3.63. The Hall–Kier alpha value is -1.14. The molecule has 1 aliphatic rings. The van der Waals surface area contributed by atoms with Gasteiger partial charge in [-0.1, -0.05) is 6.07 Å². The molecule has 0 aromatic heterocycles. The Morgan fingerprint density at radius 3 is 2.82 bits per heavy atom. The first kappa shape index (κ1) is 12.3. The molecule has 1 saturated carbocycles. The van der Waals surface area contributed by atoms with Crippen molar-refractivity contribution < 1.29 is 14.8 Å². The van der Waals surface area contributed by atoms with E-state index < -0.39 is 11.0 Å². The summed E-state index contributed by atoms with van der Waals surface area (Å²) in [5.41, 5.74) is -0.0324. The highest BCUT2D eigenvalue weighted by molar-refractivity contribution is 9.10. The van der Waals surface area contributed by atoms with Crippen LogP contribution in [0.25, 0.3) is 0 Å². The van der Waals surface area contributed by atoms with Crippen molar-refractivity contribution in [2.45, 2.75) is 31.5 Å². The van der Waals surface area contributed by atoms with Gasteiger partial charge in [0.2, 0.25) is 0 Å². The molecule has 92 valence electrons. The molecule has 0 saturated heterocycles. The van der Waals surface area contributed by atoms with Crippen LogP contribution in [0.1, 0.15) is 19.3 Å². The summed E-state index contributed by atoms with van der Waals surface area (Å²) in [4.78, 5) is 10.3. The van der Waals surface area contributed by atoms with Crippen molar-refractivity contribution in [2.75, 3.05) is 0 Å². The van der Waals surface area contributed by atoms with E-state index in [1.807, 2.05) is 0 Å². The third-order valence-electron chi connectivity index (χ3n) is 2.84. The summed E-state index contributed by atoms with van der Waals surface area (Å²) in [6.07, 6.45) is 1.65. The molecule has 0 heterocycles. The summed E-state index contributed by atoms with van der Waals surface area (Å²) < 4.78 is 5.93. The largest absolute Gasteiger partial charge is 0.486 e. The third-order valence-corrected chi connectivity index (χ3v) is 3.63. The number of benzene rings is 1. The van der Waals surface area contributed by atoms with E-state index >= 15 is 0 Å². The van der Waals surface area contributed by atoms with E-state index in [0.29, 0.717) is 10.2 Å². The first-order chi connectivity index (χ1) is 8.09. The molecular formula is C11H12BrNO4. The average molecular weight is 302 g/mol. The highest BCUT2D eigenvalue weighted by atomic mass is 79.9. The van der Waals surface area contributed by atoms with Gasteiger partial charge in [-0.15, -0.1) is 0 Å². The predicted molar refractivity (Wildman–Crippen MR) is 65.1 cm³/mol. The third kappa shape index (κ3) is 2.58. The first-order valence-electron chi connectivity index (χ1n) is 5.37. The van der Waals surface area contributed by atoms with E-state index in [1.165, 1.54) is 6.07 Å². The van der Waals surface area contributed by atoms with Gasteiger partial charge in [-0.05, 0) is 41.3 Å². The molecule has 0 bridgehead atoms. The maximum absolute atomic E-state index is 10.7. The second-order valence-electron chi connectivity index (χ2n) is 4.00. The van der Waals surface area contributed by atoms with Gasteiger partial charge in [0.1, 0.15) is 16.3 Å². The van der Waals surface area contributed by atoms with Crippen molar-refractivity contribution in [3.63, 3.8) is 0 Å². The molecule has 1 aromatic rings. The molecule has 1 N–H and O–H groups in total. The number of ether oxygens (including phenoxy) is 1. The minimum atomic E-state index is -0.485. The molecule has 0 spiro atoms. The molecule has 2 rings (SSSR count). The second kappa shape index (κ2) is 5.01. The zero-order chi connectivity index (χ0) is 12.4. The van der Waals surface area contributed by atoms with Gasteiger partial charge in [-0.2, -0.15) is 0 Å². The Balaban J connectivity index is 2.21. The van der Waals surface area contributed by atoms with Gasteiger partial charge in [-0.25, -0.2) is 0 Å². The van der Waals surface area contributed by atoms with E-state index in [2.05, 4.69) is 15.9 Å². The van der Waals surface area contributed by atoms with Crippen molar-refractivity contribution in [2.24, 2.45) is 0 Å². The molecule has 0 aliphatic heterocycles. The number of aliphatic hydroxyl groups is 1. The van der Waals surface area contributed by atoms with Crippen LogP contribution in [0.5, 0.6) is 5.75 Å². The van der Waals surface area contributed by atoms with E-state index in [4.69, 9.17) is 4.74 Å². The van der Waals surface area contributed by atoms with Crippen molar-refractivity contribution in [3.05, 3.63) is 32.8 Å². The number of hydrogen-bond acceptors (Lipinski definition) is 4. The molecule has 2 atom stereocenters. The van der Waals surface area contributed by atoms with Crippen molar-refractivity contribution >= 4 is 21.6 Å². The van der Waals surface area contributed by atoms with Crippen molar-refractivity contribution in [3.8, 4) is 5.75 Å². The zero-order valence-corrected chi connectivity index (χ0v) is 10.6. The molecule has 0 radical (unpaired) electrons. The lowest BCUT2D eigenvalue weighted by molar-refractivity contribution is -0.385. The van der Waals surface area contributed by atoms with E-state index in [0.717, 1.165) is 19.3 Å². The molecule has 0 unspecified atom stereocenters. The number of nitro groups is 1. The van der Waals surface area contributed by atoms with Gasteiger partial charge >= 0.3 is 0 Å². The maximum Gasteiger partial charge on any atom is 0.287 e. The van der Waals surface area contributed by atoms with Crippen LogP contribution < -0.4 is 4.74 Å². The van der Waals surface area contributed by atoms with E-state index in [1.54, 1.807) is 12.1 Å². The van der Waals surface area contributed by atoms with Crippen LogP contribution >= 0.6 is 15.9 Å². The van der Waals surface area contributed by atoms with Crippen LogP contribution in [0.2, 0.25) is 0 Å². The summed E-state index contributed by atoms with van der Waals surface area (Å²) in [7, 11) is 0. The molecule has 5 nitrogen and oxygen atoms in total. The Labute approximate surface area is 107 Å². The normalized spacial score (nSPS) is 23.6. The summed E-state index contributed by atoms with van der Waals surface area (Å²) in [6, 6.07) is 4.63. The maximum atomic E-state index is 10.7. The number of nitrogens with zero attached hydrogens (tertiary/aromatic N) is 1. The summed E-state index contributed by atoms with van der Waals surface area (Å²) in [5.74, 6) is 0.408. The minimum Gasteiger partial charge on any atom is -0.486 e. The molecular weight excluding hydrogens is 290 g/mol. The fraction of sp³-hybridized carbons (Fsp3) is 0.455. The van der Waals surface area contributed by atoms with Gasteiger partial charge < -0.3 is 9.84 Å². The van der Waals surface area contributed by atoms with Gasteiger partial charge in [0.15, 0.2) is 0 Å². The number of halogens is 1. The zero-order valence-electron chi connectivity index (χ0n) is 9.01. The van der Waals surface area contributed by atoms with E-state index in [-0.39, 0.29) is 11.8 Å². The summed E-state index contributed by atoms with van der Waals surface area (Å²) in [6.45, 7) is 0. The van der Waals surface area contributed by atoms with Gasteiger partial charge in [0.05, 0.1) is 11.0 Å². The Morgan fingerprint density at radius 2 is 2.24 bits per heavy atom. The summed E-state index contributed by atoms with van der Waals surface area (Å²) >= 11 is 3.16. The number of rotatable bonds is 3. The van der Waals surface area contributed by atoms with Crippen LogP contribution in [0, 0.1) is 10.1 Å². The highest BCUT2D eigenvalue weighted by Crippen LogP contribution is 2.36. The molecule has 1 aromatic carbocycles. The first-order valence-corrected chi connectivity index (χ1v) is 6.16. The van der Waals surface area contributed by atoms with Crippen molar-refractivity contribution in [1.29, 1.82) is 0 Å². The summed E-state index contributed by atoms with van der Waals surface area (Å²) in [5, 5.41) is 20.4. The predicted octanol–water partition coefficient (Wildman–Crippen LogP) is 2.65. The lowest BCUT2D eigenvalue weighted by atomic mass is 10.2. The van der Waals surface area contributed by atoms with Crippen molar-refractivity contribution in [1.82, 2.24) is 0 Å². The van der Waals surface area contributed by atoms with Crippen LogP contribution in [0.4, 0.5) is 5.69 Å².